The van der Waals surface area contributed by atoms with Crippen LogP contribution in [0.5, 0.6) is 17.2 Å². The molecule has 0 radical (unpaired) electrons. The Morgan fingerprint density at radius 2 is 1.93 bits per heavy atom. The zero-order valence-electron chi connectivity index (χ0n) is 16.2. The van der Waals surface area contributed by atoms with Crippen LogP contribution in [0.3, 0.4) is 0 Å². The van der Waals surface area contributed by atoms with Crippen molar-refractivity contribution in [1.29, 1.82) is 0 Å². The highest BCUT2D eigenvalue weighted by Gasteiger charge is 2.13. The highest BCUT2D eigenvalue weighted by Crippen LogP contribution is 2.32. The van der Waals surface area contributed by atoms with Gasteiger partial charge in [-0.3, -0.25) is 0 Å². The molecule has 8 nitrogen and oxygen atoms in total. The summed E-state index contributed by atoms with van der Waals surface area (Å²) < 4.78 is 40.0. The van der Waals surface area contributed by atoms with Gasteiger partial charge < -0.3 is 19.5 Å². The summed E-state index contributed by atoms with van der Waals surface area (Å²) in [5.74, 6) is 1.91. The van der Waals surface area contributed by atoms with Gasteiger partial charge in [-0.2, -0.15) is 0 Å². The van der Waals surface area contributed by atoms with E-state index >= 15 is 0 Å². The Morgan fingerprint density at radius 1 is 1.17 bits per heavy atom. The number of hydrogen-bond acceptors (Lipinski definition) is 9. The predicted molar refractivity (Wildman–Crippen MR) is 111 cm³/mol. The van der Waals surface area contributed by atoms with Crippen molar-refractivity contribution in [2.24, 2.45) is 0 Å². The predicted octanol–water partition coefficient (Wildman–Crippen LogP) is 3.89. The summed E-state index contributed by atoms with van der Waals surface area (Å²) in [6, 6.07) is 7.87. The third-order valence-corrected chi connectivity index (χ3v) is 5.67. The molecule has 10 heteroatoms. The summed E-state index contributed by atoms with van der Waals surface area (Å²) in [5.41, 5.74) is 0. The van der Waals surface area contributed by atoms with Gasteiger partial charge in [-0.15, -0.1) is 11.3 Å². The van der Waals surface area contributed by atoms with Gasteiger partial charge in [-0.1, -0.05) is 0 Å². The van der Waals surface area contributed by atoms with E-state index in [4.69, 9.17) is 14.2 Å². The van der Waals surface area contributed by atoms with Gasteiger partial charge in [0.2, 0.25) is 0 Å². The van der Waals surface area contributed by atoms with E-state index in [9.17, 15) is 8.42 Å². The molecule has 1 unspecified atom stereocenters. The molecule has 3 rings (SSSR count). The van der Waals surface area contributed by atoms with Crippen molar-refractivity contribution in [3.63, 3.8) is 0 Å². The molecule has 0 aliphatic carbocycles. The second-order valence-corrected chi connectivity index (χ2v) is 9.09. The quantitative estimate of drug-likeness (QED) is 0.540. The minimum atomic E-state index is -3.26. The largest absolute Gasteiger partial charge is 0.487 e. The minimum absolute atomic E-state index is 0.101. The summed E-state index contributed by atoms with van der Waals surface area (Å²) in [7, 11) is -1.65. The van der Waals surface area contributed by atoms with Gasteiger partial charge in [0.05, 0.1) is 17.2 Å². The number of benzene rings is 1. The standard InChI is InChI=1S/C19H21N3O5S2/c1-13(25-2)12-26-17-10-15(11-21-18(17)22-19-20-8-9-28-19)27-14-4-6-16(7-5-14)29(3,23)24/h4-11,13H,12H2,1-3H3,(H,20,21,22). The number of nitrogens with one attached hydrogen (secondary N) is 1. The van der Waals surface area contributed by atoms with Crippen LogP contribution in [0.15, 0.2) is 53.0 Å². The zero-order chi connectivity index (χ0) is 20.9. The van der Waals surface area contributed by atoms with Gasteiger partial charge in [0.1, 0.15) is 18.1 Å². The number of ether oxygens (including phenoxy) is 3. The molecule has 154 valence electrons. The molecule has 0 aliphatic heterocycles. The molecule has 0 saturated carbocycles. The van der Waals surface area contributed by atoms with Crippen LogP contribution in [-0.2, 0) is 14.6 Å². The molecule has 2 heterocycles. The Labute approximate surface area is 173 Å². The lowest BCUT2D eigenvalue weighted by Crippen LogP contribution is -2.16. The lowest BCUT2D eigenvalue weighted by atomic mass is 10.3. The SMILES string of the molecule is COC(C)COc1cc(Oc2ccc(S(C)(=O)=O)cc2)cnc1Nc1nccs1. The monoisotopic (exact) mass is 435 g/mol. The van der Waals surface area contributed by atoms with E-state index < -0.39 is 9.84 Å². The van der Waals surface area contributed by atoms with Crippen LogP contribution < -0.4 is 14.8 Å². The fourth-order valence-corrected chi connectivity index (χ4v) is 3.40. The Balaban J connectivity index is 1.81. The minimum Gasteiger partial charge on any atom is -0.487 e. The molecular formula is C19H21N3O5S2. The van der Waals surface area contributed by atoms with Gasteiger partial charge in [0.25, 0.3) is 0 Å². The number of methoxy groups -OCH3 is 1. The average Bonchev–Trinajstić information content (AvgIpc) is 3.20. The lowest BCUT2D eigenvalue weighted by Gasteiger charge is -2.15. The fraction of sp³-hybridized carbons (Fsp3) is 0.263. The van der Waals surface area contributed by atoms with Crippen molar-refractivity contribution >= 4 is 32.1 Å². The van der Waals surface area contributed by atoms with E-state index in [2.05, 4.69) is 15.3 Å². The van der Waals surface area contributed by atoms with Crippen LogP contribution in [0.1, 0.15) is 6.92 Å². The molecule has 0 saturated heterocycles. The van der Waals surface area contributed by atoms with E-state index in [1.54, 1.807) is 37.7 Å². The second kappa shape index (κ2) is 9.21. The van der Waals surface area contributed by atoms with Crippen molar-refractivity contribution in [1.82, 2.24) is 9.97 Å². The Kier molecular flexibility index (Phi) is 6.68. The smallest absolute Gasteiger partial charge is 0.188 e. The summed E-state index contributed by atoms with van der Waals surface area (Å²) >= 11 is 1.44. The molecule has 0 spiro atoms. The molecule has 2 aromatic heterocycles. The van der Waals surface area contributed by atoms with E-state index in [-0.39, 0.29) is 11.0 Å². The summed E-state index contributed by atoms with van der Waals surface area (Å²) in [6.45, 7) is 2.22. The van der Waals surface area contributed by atoms with Crippen LogP contribution in [0.4, 0.5) is 10.9 Å². The van der Waals surface area contributed by atoms with Crippen molar-refractivity contribution in [2.45, 2.75) is 17.9 Å². The Hall–Kier alpha value is -2.69. The number of anilines is 2. The highest BCUT2D eigenvalue weighted by molar-refractivity contribution is 7.90. The first-order chi connectivity index (χ1) is 13.8. The third kappa shape index (κ3) is 5.89. The number of nitrogens with zero attached hydrogens (tertiary/aromatic N) is 2. The van der Waals surface area contributed by atoms with Gasteiger partial charge >= 0.3 is 0 Å². The third-order valence-electron chi connectivity index (χ3n) is 3.85. The number of hydrogen-bond donors (Lipinski definition) is 1. The van der Waals surface area contributed by atoms with Crippen LogP contribution in [-0.4, -0.2) is 44.5 Å². The Bertz CT molecular complexity index is 1040. The molecule has 0 bridgehead atoms. The Morgan fingerprint density at radius 3 is 2.55 bits per heavy atom. The molecule has 0 aliphatic rings. The zero-order valence-corrected chi connectivity index (χ0v) is 17.8. The maximum absolute atomic E-state index is 11.6. The maximum Gasteiger partial charge on any atom is 0.188 e. The van der Waals surface area contributed by atoms with E-state index in [0.29, 0.717) is 34.8 Å². The molecule has 1 atom stereocenters. The number of thiazole rings is 1. The first-order valence-electron chi connectivity index (χ1n) is 8.65. The van der Waals surface area contributed by atoms with Crippen LogP contribution in [0, 0.1) is 0 Å². The van der Waals surface area contributed by atoms with E-state index in [1.165, 1.54) is 23.5 Å². The molecule has 1 N–H and O–H groups in total. The van der Waals surface area contributed by atoms with Crippen molar-refractivity contribution in [2.75, 3.05) is 25.3 Å². The lowest BCUT2D eigenvalue weighted by molar-refractivity contribution is 0.0717. The number of sulfone groups is 1. The normalized spacial score (nSPS) is 12.4. The van der Waals surface area contributed by atoms with Crippen molar-refractivity contribution in [3.8, 4) is 17.2 Å². The molecule has 0 amide bonds. The summed E-state index contributed by atoms with van der Waals surface area (Å²) in [6.07, 6.45) is 4.30. The molecular weight excluding hydrogens is 414 g/mol. The van der Waals surface area contributed by atoms with Crippen LogP contribution in [0.2, 0.25) is 0 Å². The van der Waals surface area contributed by atoms with Crippen molar-refractivity contribution < 1.29 is 22.6 Å². The van der Waals surface area contributed by atoms with Gasteiger partial charge in [-0.05, 0) is 31.2 Å². The first kappa shape index (κ1) is 21.0. The van der Waals surface area contributed by atoms with E-state index in [0.717, 1.165) is 6.26 Å². The molecule has 29 heavy (non-hydrogen) atoms. The molecule has 3 aromatic rings. The summed E-state index contributed by atoms with van der Waals surface area (Å²) in [5, 5.41) is 5.66. The van der Waals surface area contributed by atoms with E-state index in [1.807, 2.05) is 12.3 Å². The second-order valence-electron chi connectivity index (χ2n) is 6.18. The van der Waals surface area contributed by atoms with Gasteiger partial charge in [0, 0.05) is 31.0 Å². The average molecular weight is 436 g/mol. The highest BCUT2D eigenvalue weighted by atomic mass is 32.2. The number of aromatic nitrogens is 2. The first-order valence-corrected chi connectivity index (χ1v) is 11.4. The van der Waals surface area contributed by atoms with Gasteiger partial charge in [-0.25, -0.2) is 18.4 Å². The van der Waals surface area contributed by atoms with Gasteiger partial charge in [0.15, 0.2) is 26.5 Å². The molecule has 1 aromatic carbocycles. The maximum atomic E-state index is 11.6. The fourth-order valence-electron chi connectivity index (χ4n) is 2.24. The van der Waals surface area contributed by atoms with Crippen molar-refractivity contribution in [3.05, 3.63) is 48.1 Å². The van der Waals surface area contributed by atoms with Crippen LogP contribution >= 0.6 is 11.3 Å². The summed E-state index contributed by atoms with van der Waals surface area (Å²) in [4.78, 5) is 8.79. The molecule has 0 fully saturated rings. The van der Waals surface area contributed by atoms with Crippen LogP contribution in [0.25, 0.3) is 0 Å². The number of rotatable bonds is 9. The topological polar surface area (TPSA) is 99.6 Å². The number of pyridine rings is 1.